The second-order valence-corrected chi connectivity index (χ2v) is 4.06. The molecule has 1 aliphatic heterocycles. The van der Waals surface area contributed by atoms with Crippen molar-refractivity contribution in [3.05, 3.63) is 28.7 Å². The fraction of sp³-hybridized carbons (Fsp3) is 0.364. The zero-order valence-electron chi connectivity index (χ0n) is 9.64. The number of carbonyl (C=O) groups excluding carboxylic acids is 2. The van der Waals surface area contributed by atoms with E-state index < -0.39 is 6.04 Å². The lowest BCUT2D eigenvalue weighted by Gasteiger charge is -2.12. The van der Waals surface area contributed by atoms with E-state index in [4.69, 9.17) is 0 Å². The smallest absolute Gasteiger partial charge is 0.251 e. The summed E-state index contributed by atoms with van der Waals surface area (Å²) in [5.41, 5.74) is 0.523. The topological polar surface area (TPSA) is 71.4 Å². The highest BCUT2D eigenvalue weighted by atomic mass is 16.2. The number of amides is 2. The summed E-state index contributed by atoms with van der Waals surface area (Å²) in [4.78, 5) is 35.3. The highest BCUT2D eigenvalue weighted by molar-refractivity contribution is 6.06. The van der Waals surface area contributed by atoms with E-state index in [1.807, 2.05) is 0 Å². The highest BCUT2D eigenvalue weighted by Crippen LogP contribution is 2.15. The van der Waals surface area contributed by atoms with Crippen LogP contribution in [0.15, 0.2) is 23.1 Å². The minimum atomic E-state index is -0.537. The Hall–Kier alpha value is -2.11. The summed E-state index contributed by atoms with van der Waals surface area (Å²) >= 11 is 0. The third-order valence-electron chi connectivity index (χ3n) is 2.81. The molecule has 2 rings (SSSR count). The monoisotopic (exact) mass is 235 g/mol. The normalized spacial score (nSPS) is 19.9. The first-order valence-electron chi connectivity index (χ1n) is 5.22. The fourth-order valence-corrected chi connectivity index (χ4v) is 1.75. The molecule has 0 bridgehead atoms. The molecule has 6 heteroatoms. The van der Waals surface area contributed by atoms with Crippen LogP contribution in [0.2, 0.25) is 0 Å². The molecule has 0 spiro atoms. The number of hydrogen-bond acceptors (Lipinski definition) is 4. The van der Waals surface area contributed by atoms with E-state index in [0.29, 0.717) is 5.69 Å². The first kappa shape index (κ1) is 11.4. The van der Waals surface area contributed by atoms with Crippen LogP contribution in [-0.2, 0) is 16.6 Å². The van der Waals surface area contributed by atoms with Gasteiger partial charge in [-0.2, -0.15) is 0 Å². The Morgan fingerprint density at radius 1 is 1.24 bits per heavy atom. The number of aromatic nitrogens is 1. The van der Waals surface area contributed by atoms with Gasteiger partial charge in [0, 0.05) is 26.4 Å². The van der Waals surface area contributed by atoms with E-state index in [2.05, 4.69) is 5.32 Å². The van der Waals surface area contributed by atoms with E-state index in [-0.39, 0.29) is 23.8 Å². The van der Waals surface area contributed by atoms with Gasteiger partial charge in [-0.25, -0.2) is 0 Å². The Morgan fingerprint density at radius 3 is 2.47 bits per heavy atom. The largest absolute Gasteiger partial charge is 0.372 e. The van der Waals surface area contributed by atoms with Crippen LogP contribution in [0.4, 0.5) is 5.69 Å². The second kappa shape index (κ2) is 4.04. The number of rotatable bonds is 2. The average Bonchev–Trinajstić information content (AvgIpc) is 2.52. The average molecular weight is 235 g/mol. The molecule has 0 aromatic carbocycles. The number of likely N-dealkylation sites (N-methyl/N-ethyl adjacent to an activating group) is 1. The van der Waals surface area contributed by atoms with Crippen molar-refractivity contribution >= 4 is 17.5 Å². The van der Waals surface area contributed by atoms with Gasteiger partial charge in [0.2, 0.25) is 11.5 Å². The van der Waals surface area contributed by atoms with Crippen LogP contribution < -0.4 is 10.9 Å². The quantitative estimate of drug-likeness (QED) is 0.705. The molecule has 1 unspecified atom stereocenters. The highest BCUT2D eigenvalue weighted by Gasteiger charge is 2.35. The first-order chi connectivity index (χ1) is 7.99. The Morgan fingerprint density at radius 2 is 1.94 bits per heavy atom. The first-order valence-corrected chi connectivity index (χ1v) is 5.22. The van der Waals surface area contributed by atoms with Crippen molar-refractivity contribution in [2.75, 3.05) is 12.4 Å². The number of nitrogens with zero attached hydrogens (tertiary/aromatic N) is 2. The van der Waals surface area contributed by atoms with Crippen LogP contribution in [0, 0.1) is 0 Å². The lowest BCUT2D eigenvalue weighted by molar-refractivity contribution is -0.136. The van der Waals surface area contributed by atoms with E-state index in [9.17, 15) is 14.4 Å². The Kier molecular flexibility index (Phi) is 2.71. The molecule has 6 nitrogen and oxygen atoms in total. The molecule has 1 aromatic rings. The van der Waals surface area contributed by atoms with Crippen LogP contribution in [0.5, 0.6) is 0 Å². The van der Waals surface area contributed by atoms with Crippen LogP contribution in [0.25, 0.3) is 0 Å². The van der Waals surface area contributed by atoms with E-state index in [0.717, 1.165) is 4.90 Å². The molecular formula is C11H13N3O3. The van der Waals surface area contributed by atoms with E-state index in [1.54, 1.807) is 19.3 Å². The molecule has 0 saturated carbocycles. The molecule has 0 radical (unpaired) electrons. The summed E-state index contributed by atoms with van der Waals surface area (Å²) in [6.07, 6.45) is 1.75. The van der Waals surface area contributed by atoms with Gasteiger partial charge in [0.05, 0.1) is 12.1 Å². The van der Waals surface area contributed by atoms with Crippen molar-refractivity contribution in [3.63, 3.8) is 0 Å². The van der Waals surface area contributed by atoms with Gasteiger partial charge in [0.1, 0.15) is 6.04 Å². The summed E-state index contributed by atoms with van der Waals surface area (Å²) in [6.45, 7) is 0. The molecule has 1 fully saturated rings. The Bertz CT molecular complexity index is 535. The Balaban J connectivity index is 2.17. The SMILES string of the molecule is CN1C(=O)CC(Nc2ccc(=O)n(C)c2)C1=O. The van der Waals surface area contributed by atoms with Crippen molar-refractivity contribution in [2.45, 2.75) is 12.5 Å². The second-order valence-electron chi connectivity index (χ2n) is 4.06. The molecule has 2 amide bonds. The molecule has 90 valence electrons. The van der Waals surface area contributed by atoms with Gasteiger partial charge in [-0.3, -0.25) is 19.3 Å². The molecular weight excluding hydrogens is 222 g/mol. The molecule has 1 aliphatic rings. The standard InChI is InChI=1S/C11H13N3O3/c1-13-6-7(3-4-9(13)15)12-8-5-10(16)14(2)11(8)17/h3-4,6,8,12H,5H2,1-2H3. The third-order valence-corrected chi connectivity index (χ3v) is 2.81. The molecule has 1 N–H and O–H groups in total. The predicted octanol–water partition coefficient (Wildman–Crippen LogP) is -0.446. The van der Waals surface area contributed by atoms with Crippen molar-refractivity contribution < 1.29 is 9.59 Å². The lowest BCUT2D eigenvalue weighted by atomic mass is 10.2. The summed E-state index contributed by atoms with van der Waals surface area (Å²) in [6, 6.07) is 2.47. The summed E-state index contributed by atoms with van der Waals surface area (Å²) < 4.78 is 1.41. The van der Waals surface area contributed by atoms with Crippen LogP contribution in [-0.4, -0.2) is 34.4 Å². The van der Waals surface area contributed by atoms with Gasteiger partial charge in [-0.05, 0) is 6.07 Å². The van der Waals surface area contributed by atoms with Crippen molar-refractivity contribution in [1.82, 2.24) is 9.47 Å². The fourth-order valence-electron chi connectivity index (χ4n) is 1.75. The van der Waals surface area contributed by atoms with Gasteiger partial charge < -0.3 is 9.88 Å². The molecule has 0 aliphatic carbocycles. The number of aryl methyl sites for hydroxylation is 1. The van der Waals surface area contributed by atoms with Gasteiger partial charge in [0.25, 0.3) is 5.91 Å². The molecule has 1 saturated heterocycles. The number of nitrogens with one attached hydrogen (secondary N) is 1. The van der Waals surface area contributed by atoms with E-state index in [1.165, 1.54) is 17.7 Å². The summed E-state index contributed by atoms with van der Waals surface area (Å²) in [7, 11) is 3.09. The molecule has 1 atom stereocenters. The summed E-state index contributed by atoms with van der Waals surface area (Å²) in [5.74, 6) is -0.443. The minimum absolute atomic E-state index is 0.124. The van der Waals surface area contributed by atoms with Crippen LogP contribution in [0.1, 0.15) is 6.42 Å². The van der Waals surface area contributed by atoms with E-state index >= 15 is 0 Å². The molecule has 17 heavy (non-hydrogen) atoms. The maximum absolute atomic E-state index is 11.6. The summed E-state index contributed by atoms with van der Waals surface area (Å²) in [5, 5.41) is 2.95. The van der Waals surface area contributed by atoms with Crippen molar-refractivity contribution in [2.24, 2.45) is 7.05 Å². The van der Waals surface area contributed by atoms with Gasteiger partial charge in [-0.1, -0.05) is 0 Å². The maximum atomic E-state index is 11.6. The van der Waals surface area contributed by atoms with Crippen LogP contribution >= 0.6 is 0 Å². The van der Waals surface area contributed by atoms with Gasteiger partial charge in [-0.15, -0.1) is 0 Å². The van der Waals surface area contributed by atoms with Crippen LogP contribution in [0.3, 0.4) is 0 Å². The number of hydrogen-bond donors (Lipinski definition) is 1. The zero-order valence-corrected chi connectivity index (χ0v) is 9.64. The third kappa shape index (κ3) is 2.06. The van der Waals surface area contributed by atoms with Crippen molar-refractivity contribution in [3.8, 4) is 0 Å². The number of likely N-dealkylation sites (tertiary alicyclic amines) is 1. The lowest BCUT2D eigenvalue weighted by Crippen LogP contribution is -2.32. The maximum Gasteiger partial charge on any atom is 0.251 e. The molecule has 2 heterocycles. The minimum Gasteiger partial charge on any atom is -0.372 e. The zero-order chi connectivity index (χ0) is 12.6. The van der Waals surface area contributed by atoms with Crippen molar-refractivity contribution in [1.29, 1.82) is 0 Å². The van der Waals surface area contributed by atoms with Gasteiger partial charge >= 0.3 is 0 Å². The number of anilines is 1. The molecule has 1 aromatic heterocycles. The number of imide groups is 1. The number of carbonyl (C=O) groups is 2. The predicted molar refractivity (Wildman–Crippen MR) is 61.5 cm³/mol. The van der Waals surface area contributed by atoms with Gasteiger partial charge in [0.15, 0.2) is 0 Å². The number of pyridine rings is 1. The Labute approximate surface area is 97.8 Å².